The van der Waals surface area contributed by atoms with Crippen molar-refractivity contribution in [1.29, 1.82) is 0 Å². The number of rotatable bonds is 3. The van der Waals surface area contributed by atoms with Crippen molar-refractivity contribution >= 4 is 6.09 Å². The van der Waals surface area contributed by atoms with Crippen molar-refractivity contribution in [1.82, 2.24) is 10.2 Å². The van der Waals surface area contributed by atoms with Crippen LogP contribution in [0.2, 0.25) is 0 Å². The Morgan fingerprint density at radius 3 is 2.71 bits per heavy atom. The van der Waals surface area contributed by atoms with Crippen molar-refractivity contribution in [2.45, 2.75) is 39.7 Å². The summed E-state index contributed by atoms with van der Waals surface area (Å²) >= 11 is 0. The van der Waals surface area contributed by atoms with Crippen molar-refractivity contribution in [2.75, 3.05) is 19.6 Å². The second-order valence-corrected chi connectivity index (χ2v) is 5.74. The van der Waals surface area contributed by atoms with Crippen LogP contribution < -0.4 is 5.32 Å². The smallest absolute Gasteiger partial charge is 0.410 e. The molecule has 1 fully saturated rings. The van der Waals surface area contributed by atoms with Crippen molar-refractivity contribution in [3.63, 3.8) is 0 Å². The Bertz CT molecular complexity index is 294. The average molecular weight is 240 g/mol. The van der Waals surface area contributed by atoms with Gasteiger partial charge in [0.2, 0.25) is 0 Å². The molecule has 1 atom stereocenters. The number of likely N-dealkylation sites (tertiary alicyclic amines) is 1. The molecule has 17 heavy (non-hydrogen) atoms. The molecule has 1 heterocycles. The molecule has 1 amide bonds. The first-order chi connectivity index (χ1) is 7.78. The monoisotopic (exact) mass is 240 g/mol. The van der Waals surface area contributed by atoms with Crippen LogP contribution in [0.4, 0.5) is 4.79 Å². The van der Waals surface area contributed by atoms with Gasteiger partial charge in [-0.25, -0.2) is 4.79 Å². The molecule has 1 unspecified atom stereocenters. The zero-order valence-electron chi connectivity index (χ0n) is 11.4. The topological polar surface area (TPSA) is 41.6 Å². The third-order valence-corrected chi connectivity index (χ3v) is 2.63. The van der Waals surface area contributed by atoms with Crippen LogP contribution in [-0.4, -0.2) is 36.2 Å². The van der Waals surface area contributed by atoms with Gasteiger partial charge in [0.05, 0.1) is 0 Å². The number of carbonyl (C=O) groups is 1. The number of ether oxygens (including phenoxy) is 1. The van der Waals surface area contributed by atoms with E-state index in [1.807, 2.05) is 27.7 Å². The quantitative estimate of drug-likeness (QED) is 0.823. The van der Waals surface area contributed by atoms with E-state index in [0.717, 1.165) is 31.8 Å². The largest absolute Gasteiger partial charge is 0.444 e. The molecule has 1 rings (SSSR count). The minimum absolute atomic E-state index is 0.199. The molecule has 1 N–H and O–H groups in total. The van der Waals surface area contributed by atoms with E-state index in [1.54, 1.807) is 4.90 Å². The zero-order valence-corrected chi connectivity index (χ0v) is 11.4. The number of amides is 1. The van der Waals surface area contributed by atoms with Gasteiger partial charge in [-0.1, -0.05) is 6.58 Å². The van der Waals surface area contributed by atoms with Crippen LogP contribution in [0.5, 0.6) is 0 Å². The van der Waals surface area contributed by atoms with E-state index in [0.29, 0.717) is 5.92 Å². The molecule has 0 radical (unpaired) electrons. The molecule has 4 nitrogen and oxygen atoms in total. The fourth-order valence-electron chi connectivity index (χ4n) is 1.81. The number of nitrogens with one attached hydrogen (secondary N) is 1. The van der Waals surface area contributed by atoms with Crippen molar-refractivity contribution < 1.29 is 9.53 Å². The Morgan fingerprint density at radius 2 is 2.18 bits per heavy atom. The Balaban J connectivity index is 2.34. The highest BCUT2D eigenvalue weighted by atomic mass is 16.6. The Kier molecular flexibility index (Phi) is 4.43. The van der Waals surface area contributed by atoms with Gasteiger partial charge in [-0.2, -0.15) is 0 Å². The summed E-state index contributed by atoms with van der Waals surface area (Å²) in [5.74, 6) is 0.499. The van der Waals surface area contributed by atoms with Crippen LogP contribution in [0.25, 0.3) is 0 Å². The average Bonchev–Trinajstić information content (AvgIpc) is 2.60. The summed E-state index contributed by atoms with van der Waals surface area (Å²) in [5, 5.41) is 3.22. The predicted molar refractivity (Wildman–Crippen MR) is 68.7 cm³/mol. The molecule has 1 saturated heterocycles. The normalized spacial score (nSPS) is 20.2. The third kappa shape index (κ3) is 5.11. The van der Waals surface area contributed by atoms with E-state index in [1.165, 1.54) is 0 Å². The maximum Gasteiger partial charge on any atom is 0.410 e. The van der Waals surface area contributed by atoms with Gasteiger partial charge in [0.1, 0.15) is 5.60 Å². The third-order valence-electron chi connectivity index (χ3n) is 2.63. The lowest BCUT2D eigenvalue weighted by atomic mass is 10.1. The van der Waals surface area contributed by atoms with E-state index >= 15 is 0 Å². The summed E-state index contributed by atoms with van der Waals surface area (Å²) in [5.41, 5.74) is 0.561. The summed E-state index contributed by atoms with van der Waals surface area (Å²) in [6.07, 6.45) is 0.829. The van der Waals surface area contributed by atoms with Gasteiger partial charge in [0.15, 0.2) is 0 Å². The number of carbonyl (C=O) groups excluding carboxylic acids is 1. The summed E-state index contributed by atoms with van der Waals surface area (Å²) < 4.78 is 5.34. The highest BCUT2D eigenvalue weighted by molar-refractivity contribution is 5.68. The lowest BCUT2D eigenvalue weighted by Gasteiger charge is -2.24. The first-order valence-electron chi connectivity index (χ1n) is 6.15. The molecule has 0 aromatic carbocycles. The van der Waals surface area contributed by atoms with Crippen molar-refractivity contribution in [2.24, 2.45) is 5.92 Å². The molecule has 0 saturated carbocycles. The van der Waals surface area contributed by atoms with E-state index < -0.39 is 5.60 Å². The number of hydrogen-bond acceptors (Lipinski definition) is 3. The number of allylic oxidation sites excluding steroid dienone is 1. The van der Waals surface area contributed by atoms with Gasteiger partial charge in [-0.15, -0.1) is 0 Å². The van der Waals surface area contributed by atoms with E-state index in [4.69, 9.17) is 4.74 Å². The van der Waals surface area contributed by atoms with Gasteiger partial charge in [0.25, 0.3) is 0 Å². The summed E-state index contributed by atoms with van der Waals surface area (Å²) in [4.78, 5) is 13.6. The molecule has 1 aliphatic heterocycles. The van der Waals surface area contributed by atoms with Crippen molar-refractivity contribution in [3.05, 3.63) is 12.3 Å². The fourth-order valence-corrected chi connectivity index (χ4v) is 1.81. The number of hydrogen-bond donors (Lipinski definition) is 1. The lowest BCUT2D eigenvalue weighted by Crippen LogP contribution is -2.36. The Labute approximate surface area is 104 Å². The summed E-state index contributed by atoms with van der Waals surface area (Å²) in [7, 11) is 0. The highest BCUT2D eigenvalue weighted by Gasteiger charge is 2.29. The Hall–Kier alpha value is -1.19. The van der Waals surface area contributed by atoms with Crippen LogP contribution in [0, 0.1) is 5.92 Å². The summed E-state index contributed by atoms with van der Waals surface area (Å²) in [6.45, 7) is 13.9. The maximum absolute atomic E-state index is 11.8. The van der Waals surface area contributed by atoms with E-state index in [-0.39, 0.29) is 6.09 Å². The molecule has 4 heteroatoms. The SMILES string of the molecule is C=C(C)NCC1CCN(C(=O)OC(C)(C)C)C1. The van der Waals surface area contributed by atoms with Crippen LogP contribution in [-0.2, 0) is 4.74 Å². The van der Waals surface area contributed by atoms with Gasteiger partial charge in [-0.05, 0) is 40.0 Å². The van der Waals surface area contributed by atoms with Crippen LogP contribution in [0.3, 0.4) is 0 Å². The van der Waals surface area contributed by atoms with Crippen molar-refractivity contribution in [3.8, 4) is 0 Å². The molecular weight excluding hydrogens is 216 g/mol. The van der Waals surface area contributed by atoms with Gasteiger partial charge < -0.3 is 15.0 Å². The second-order valence-electron chi connectivity index (χ2n) is 5.74. The van der Waals surface area contributed by atoms with E-state index in [9.17, 15) is 4.79 Å². The maximum atomic E-state index is 11.8. The van der Waals surface area contributed by atoms with Crippen LogP contribution in [0.1, 0.15) is 34.1 Å². The molecule has 0 spiro atoms. The van der Waals surface area contributed by atoms with Crippen LogP contribution >= 0.6 is 0 Å². The molecule has 0 aromatic heterocycles. The van der Waals surface area contributed by atoms with Crippen LogP contribution in [0.15, 0.2) is 12.3 Å². The number of nitrogens with zero attached hydrogens (tertiary/aromatic N) is 1. The first kappa shape index (κ1) is 13.9. The second kappa shape index (κ2) is 5.43. The first-order valence-corrected chi connectivity index (χ1v) is 6.15. The van der Waals surface area contributed by atoms with Gasteiger partial charge in [-0.3, -0.25) is 0 Å². The standard InChI is InChI=1S/C13H24N2O2/c1-10(2)14-8-11-6-7-15(9-11)12(16)17-13(3,4)5/h11,14H,1,6-9H2,2-5H3. The minimum Gasteiger partial charge on any atom is -0.444 e. The fraction of sp³-hybridized carbons (Fsp3) is 0.769. The van der Waals surface area contributed by atoms with Gasteiger partial charge in [0, 0.05) is 25.3 Å². The molecule has 0 bridgehead atoms. The highest BCUT2D eigenvalue weighted by Crippen LogP contribution is 2.19. The minimum atomic E-state index is -0.412. The predicted octanol–water partition coefficient (Wildman–Crippen LogP) is 2.37. The van der Waals surface area contributed by atoms with E-state index in [2.05, 4.69) is 11.9 Å². The molecule has 1 aliphatic rings. The Morgan fingerprint density at radius 1 is 1.53 bits per heavy atom. The zero-order chi connectivity index (χ0) is 13.1. The molecule has 98 valence electrons. The molecule has 0 aromatic rings. The molecular formula is C13H24N2O2. The van der Waals surface area contributed by atoms with Gasteiger partial charge >= 0.3 is 6.09 Å². The lowest BCUT2D eigenvalue weighted by molar-refractivity contribution is 0.0288. The summed E-state index contributed by atoms with van der Waals surface area (Å²) in [6, 6.07) is 0. The molecule has 0 aliphatic carbocycles.